The summed E-state index contributed by atoms with van der Waals surface area (Å²) in [5.74, 6) is -2.36. The molecule has 3 aliphatic heterocycles. The Morgan fingerprint density at radius 2 is 2.00 bits per heavy atom. The molecule has 6 unspecified atom stereocenters. The van der Waals surface area contributed by atoms with Crippen molar-refractivity contribution in [3.05, 3.63) is 0 Å². The molecule has 3 aliphatic rings. The SMILES string of the molecule is CC(C)CN=C(NC(=O)C1CN(C)NC1C(F)(F)F)NC1NNC2CNCC(F)C21. The predicted molar refractivity (Wildman–Crippen MR) is 103 cm³/mol. The number of nitrogens with one attached hydrogen (secondary N) is 6. The molecule has 6 N–H and O–H groups in total. The van der Waals surface area contributed by atoms with Crippen LogP contribution in [0, 0.1) is 17.8 Å². The second-order valence-electron chi connectivity index (χ2n) is 8.48. The van der Waals surface area contributed by atoms with Crippen LogP contribution in [-0.4, -0.2) is 80.7 Å². The van der Waals surface area contributed by atoms with Crippen LogP contribution in [0.2, 0.25) is 0 Å². The van der Waals surface area contributed by atoms with Gasteiger partial charge in [-0.3, -0.25) is 20.5 Å². The average molecular weight is 438 g/mol. The van der Waals surface area contributed by atoms with Crippen LogP contribution in [0.4, 0.5) is 17.6 Å². The highest BCUT2D eigenvalue weighted by molar-refractivity contribution is 5.98. The molecule has 0 aromatic rings. The van der Waals surface area contributed by atoms with Crippen LogP contribution >= 0.6 is 0 Å². The number of piperidine rings is 1. The molecule has 172 valence electrons. The van der Waals surface area contributed by atoms with Crippen molar-refractivity contribution in [1.29, 1.82) is 0 Å². The van der Waals surface area contributed by atoms with Crippen LogP contribution in [0.5, 0.6) is 0 Å². The number of aliphatic imine (C=N–C) groups is 1. The normalized spacial score (nSPS) is 35.5. The van der Waals surface area contributed by atoms with Gasteiger partial charge in [-0.2, -0.15) is 13.2 Å². The number of halogens is 4. The molecular formula is C17H30F4N8O. The molecule has 6 atom stereocenters. The van der Waals surface area contributed by atoms with Crippen molar-refractivity contribution >= 4 is 11.9 Å². The number of carbonyl (C=O) groups is 1. The Bertz CT molecular complexity index is 646. The molecule has 1 amide bonds. The summed E-state index contributed by atoms with van der Waals surface area (Å²) in [7, 11) is 1.45. The van der Waals surface area contributed by atoms with Gasteiger partial charge in [-0.25, -0.2) is 20.3 Å². The van der Waals surface area contributed by atoms with Gasteiger partial charge < -0.3 is 10.6 Å². The number of hydrogen-bond donors (Lipinski definition) is 6. The van der Waals surface area contributed by atoms with E-state index in [-0.39, 0.29) is 31.0 Å². The summed E-state index contributed by atoms with van der Waals surface area (Å²) in [4.78, 5) is 17.0. The van der Waals surface area contributed by atoms with Crippen LogP contribution in [0.15, 0.2) is 4.99 Å². The fourth-order valence-electron chi connectivity index (χ4n) is 3.98. The van der Waals surface area contributed by atoms with Gasteiger partial charge in [0.2, 0.25) is 5.91 Å². The van der Waals surface area contributed by atoms with Crippen molar-refractivity contribution in [2.45, 2.75) is 44.4 Å². The monoisotopic (exact) mass is 438 g/mol. The zero-order chi connectivity index (χ0) is 22.1. The average Bonchev–Trinajstić information content (AvgIpc) is 3.24. The molecule has 9 nitrogen and oxygen atoms in total. The summed E-state index contributed by atoms with van der Waals surface area (Å²) < 4.78 is 54.4. The quantitative estimate of drug-likeness (QED) is 0.191. The van der Waals surface area contributed by atoms with Crippen molar-refractivity contribution < 1.29 is 22.4 Å². The first-order valence-electron chi connectivity index (χ1n) is 10.1. The third-order valence-electron chi connectivity index (χ3n) is 5.47. The van der Waals surface area contributed by atoms with Crippen molar-refractivity contribution in [3.8, 4) is 0 Å². The summed E-state index contributed by atoms with van der Waals surface area (Å²) in [5, 5.41) is 9.72. The number of hydrazine groups is 2. The molecule has 3 fully saturated rings. The fourth-order valence-corrected chi connectivity index (χ4v) is 3.98. The molecule has 3 heterocycles. The third-order valence-corrected chi connectivity index (χ3v) is 5.47. The van der Waals surface area contributed by atoms with E-state index in [1.807, 2.05) is 13.8 Å². The Labute approximate surface area is 172 Å². The van der Waals surface area contributed by atoms with Gasteiger partial charge in [-0.1, -0.05) is 13.8 Å². The number of amides is 1. The first kappa shape index (κ1) is 23.1. The number of carbonyl (C=O) groups excluding carboxylic acids is 1. The smallest absolute Gasteiger partial charge is 0.339 e. The highest BCUT2D eigenvalue weighted by atomic mass is 19.4. The van der Waals surface area contributed by atoms with E-state index in [1.165, 1.54) is 12.1 Å². The van der Waals surface area contributed by atoms with E-state index in [1.54, 1.807) is 0 Å². The number of hydrogen-bond acceptors (Lipinski definition) is 7. The van der Waals surface area contributed by atoms with E-state index in [2.05, 4.69) is 37.2 Å². The zero-order valence-electron chi connectivity index (χ0n) is 17.2. The minimum atomic E-state index is -4.57. The Morgan fingerprint density at radius 3 is 2.67 bits per heavy atom. The molecule has 0 radical (unpaired) electrons. The van der Waals surface area contributed by atoms with Gasteiger partial charge >= 0.3 is 6.18 Å². The third kappa shape index (κ3) is 5.38. The summed E-state index contributed by atoms with van der Waals surface area (Å²) in [5.41, 5.74) is 8.23. The molecule has 3 rings (SSSR count). The Hall–Kier alpha value is -1.54. The van der Waals surface area contributed by atoms with Gasteiger partial charge in [0, 0.05) is 45.2 Å². The first-order valence-corrected chi connectivity index (χ1v) is 10.1. The van der Waals surface area contributed by atoms with Crippen LogP contribution in [0.1, 0.15) is 13.8 Å². The molecule has 30 heavy (non-hydrogen) atoms. The molecular weight excluding hydrogens is 408 g/mol. The van der Waals surface area contributed by atoms with Gasteiger partial charge in [-0.05, 0) is 5.92 Å². The van der Waals surface area contributed by atoms with Crippen LogP contribution in [0.25, 0.3) is 0 Å². The molecule has 0 aliphatic carbocycles. The number of nitrogens with zero attached hydrogens (tertiary/aromatic N) is 2. The lowest BCUT2D eigenvalue weighted by Crippen LogP contribution is -2.58. The van der Waals surface area contributed by atoms with Crippen molar-refractivity contribution in [2.24, 2.45) is 22.7 Å². The maximum absolute atomic E-state index is 14.4. The highest BCUT2D eigenvalue weighted by Crippen LogP contribution is 2.30. The number of rotatable bonds is 4. The second-order valence-corrected chi connectivity index (χ2v) is 8.48. The Balaban J connectivity index is 1.71. The molecule has 0 spiro atoms. The fraction of sp³-hybridized carbons (Fsp3) is 0.882. The van der Waals surface area contributed by atoms with Crippen molar-refractivity contribution in [2.75, 3.05) is 33.2 Å². The lowest BCUT2D eigenvalue weighted by atomic mass is 9.90. The predicted octanol–water partition coefficient (Wildman–Crippen LogP) is -0.939. The van der Waals surface area contributed by atoms with E-state index >= 15 is 0 Å². The van der Waals surface area contributed by atoms with Crippen LogP contribution in [0.3, 0.4) is 0 Å². The summed E-state index contributed by atoms with van der Waals surface area (Å²) >= 11 is 0. The van der Waals surface area contributed by atoms with Gasteiger partial charge in [-0.15, -0.1) is 0 Å². The van der Waals surface area contributed by atoms with Gasteiger partial charge in [0.1, 0.15) is 12.2 Å². The Kier molecular flexibility index (Phi) is 7.17. The lowest BCUT2D eigenvalue weighted by Gasteiger charge is -2.32. The van der Waals surface area contributed by atoms with Crippen molar-refractivity contribution in [1.82, 2.24) is 37.2 Å². The number of guanidine groups is 1. The summed E-state index contributed by atoms with van der Waals surface area (Å²) in [6.07, 6.45) is -6.27. The topological polar surface area (TPSA) is 105 Å². The summed E-state index contributed by atoms with van der Waals surface area (Å²) in [6, 6.07) is -2.14. The zero-order valence-corrected chi connectivity index (χ0v) is 17.2. The van der Waals surface area contributed by atoms with Gasteiger partial charge in [0.25, 0.3) is 0 Å². The maximum atomic E-state index is 14.4. The van der Waals surface area contributed by atoms with E-state index in [4.69, 9.17) is 0 Å². The molecule has 13 heteroatoms. The molecule has 0 saturated carbocycles. The van der Waals surface area contributed by atoms with Crippen LogP contribution in [-0.2, 0) is 4.79 Å². The van der Waals surface area contributed by atoms with Crippen LogP contribution < -0.4 is 32.2 Å². The minimum Gasteiger partial charge on any atom is -0.339 e. The number of fused-ring (bicyclic) bond motifs is 1. The van der Waals surface area contributed by atoms with E-state index in [9.17, 15) is 22.4 Å². The van der Waals surface area contributed by atoms with E-state index < -0.39 is 42.3 Å². The van der Waals surface area contributed by atoms with Crippen molar-refractivity contribution in [3.63, 3.8) is 0 Å². The minimum absolute atomic E-state index is 0.0369. The Morgan fingerprint density at radius 1 is 1.27 bits per heavy atom. The number of alkyl halides is 4. The van der Waals surface area contributed by atoms with E-state index in [0.717, 1.165) is 0 Å². The highest BCUT2D eigenvalue weighted by Gasteiger charge is 2.52. The summed E-state index contributed by atoms with van der Waals surface area (Å²) in [6.45, 7) is 4.89. The molecule has 3 saturated heterocycles. The molecule has 0 aromatic heterocycles. The maximum Gasteiger partial charge on any atom is 0.405 e. The molecule has 0 bridgehead atoms. The van der Waals surface area contributed by atoms with Gasteiger partial charge in [0.15, 0.2) is 5.96 Å². The first-order chi connectivity index (χ1) is 14.1. The van der Waals surface area contributed by atoms with Gasteiger partial charge in [0.05, 0.1) is 12.1 Å². The molecule has 0 aromatic carbocycles. The second kappa shape index (κ2) is 9.30. The lowest BCUT2D eigenvalue weighted by molar-refractivity contribution is -0.168. The standard InChI is InChI=1S/C17H30F4N8O/c1-8(2)4-23-16(24-14-12-10(18)5-22-6-11(12)26-27-14)25-15(30)9-7-29(3)28-13(9)17(19,20)21/h8-14,22,26-28H,4-7H2,1-3H3,(H2,23,24,25,30). The van der Waals surface area contributed by atoms with E-state index in [0.29, 0.717) is 13.1 Å². The largest absolute Gasteiger partial charge is 0.405 e.